The summed E-state index contributed by atoms with van der Waals surface area (Å²) in [6.45, 7) is 21.5. The zero-order chi connectivity index (χ0) is 102. The molecule has 148 heavy (non-hydrogen) atoms. The number of methoxy groups -OCH3 is 4. The normalized spacial score (nSPS) is 17.3. The van der Waals surface area contributed by atoms with Gasteiger partial charge in [-0.25, -0.2) is 17.6 Å². The summed E-state index contributed by atoms with van der Waals surface area (Å²) in [5, 5.41) is 2.69. The smallest absolute Gasteiger partial charge is 0.226 e. The average Bonchev–Trinajstić information content (AvgIpc) is 1.74. The summed E-state index contributed by atoms with van der Waals surface area (Å²) >= 11 is 0. The molecule has 0 atom stereocenters. The minimum atomic E-state index is -0.371. The minimum absolute atomic E-state index is 0.0718. The van der Waals surface area contributed by atoms with Crippen molar-refractivity contribution in [3.63, 3.8) is 0 Å². The lowest BCUT2D eigenvalue weighted by molar-refractivity contribution is -0.195. The summed E-state index contributed by atoms with van der Waals surface area (Å²) in [7, 11) is 6.23. The van der Waals surface area contributed by atoms with Crippen LogP contribution in [0.5, 0.6) is 92.0 Å². The van der Waals surface area contributed by atoms with Crippen LogP contribution < -0.4 is 56.8 Å². The standard InChI is InChI=1S/C30H31FN2O5.2C29H29FN2O5.C28H27FN2O5/c1-19-12-20-5-6-25(29(31)21(20)13-19)38-24-7-9-32-23-15-27(26(35-2)14-22(23)24)37-11-3-4-28(34)33-10-8-30(16-33)17-36-18-30;1-18-11-19-3-4-24(28(30)20(19)12-18)37-23-5-8-31-22-14-26(25(34-2)13-21(22)23)36-10-6-27(33)32-9-7-29(15-32)16-35-17-29;1-18-10-19-5-6-24(28(30)20(19)11-18)37-23-7-8-31-22-13-26(25(34-2)12-21(22)23)36-9-3-4-27(33)32-14-29(15-32)16-35-17-29;1-17-9-18-3-4-23(27(29)19(18)10-17)36-22-5-7-30-21-12-25(24(33-2)11-20(21)22)35-8-6-26(32)31-13-28(14-31)15-34-16-28/h5-7,9,13-15H,3-4,8,10-12,16-18H2,1-2H3;3-5,8,12-14H,6-7,9-11,15-17H2,1-2H3;5-8,11-13H,3-4,9-10,14-17H2,1-2H3;3-5,7,10-12H,6,8-9,13-16H2,1-2H3. The van der Waals surface area contributed by atoms with Crippen molar-refractivity contribution < 1.29 is 113 Å². The fourth-order valence-corrected chi connectivity index (χ4v) is 21.3. The molecule has 8 aliphatic heterocycles. The van der Waals surface area contributed by atoms with E-state index < -0.39 is 0 Å². The maximum Gasteiger partial charge on any atom is 0.226 e. The molecule has 768 valence electrons. The lowest BCUT2D eigenvalue weighted by Crippen LogP contribution is -2.67. The van der Waals surface area contributed by atoms with Crippen molar-refractivity contribution >= 4 is 91.5 Å². The van der Waals surface area contributed by atoms with Gasteiger partial charge in [0, 0.05) is 169 Å². The molecule has 12 aliphatic rings. The van der Waals surface area contributed by atoms with Crippen LogP contribution in [0.15, 0.2) is 168 Å². The second-order valence-corrected chi connectivity index (χ2v) is 40.9. The third-order valence-electron chi connectivity index (χ3n) is 29.6. The van der Waals surface area contributed by atoms with Gasteiger partial charge in [-0.3, -0.25) is 39.1 Å². The highest BCUT2D eigenvalue weighted by Gasteiger charge is 2.52. The van der Waals surface area contributed by atoms with Crippen molar-refractivity contribution in [3.8, 4) is 92.0 Å². The van der Waals surface area contributed by atoms with Gasteiger partial charge in [0.05, 0.1) is 153 Å². The first-order valence-corrected chi connectivity index (χ1v) is 50.2. The Morgan fingerprint density at radius 3 is 0.804 bits per heavy atom. The van der Waals surface area contributed by atoms with Crippen molar-refractivity contribution in [1.82, 2.24) is 39.5 Å². The first kappa shape index (κ1) is 99.4. The minimum Gasteiger partial charge on any atom is -0.493 e. The monoisotopic (exact) mass is 2020 g/mol. The van der Waals surface area contributed by atoms with E-state index in [2.05, 4.69) is 19.9 Å². The number of benzene rings is 8. The van der Waals surface area contributed by atoms with E-state index in [0.717, 1.165) is 188 Å². The highest BCUT2D eigenvalue weighted by molar-refractivity contribution is 5.92. The van der Waals surface area contributed by atoms with Crippen molar-refractivity contribution in [1.29, 1.82) is 0 Å². The molecule has 32 heteroatoms. The summed E-state index contributed by atoms with van der Waals surface area (Å²) < 4.78 is 152. The second-order valence-electron chi connectivity index (χ2n) is 40.9. The third kappa shape index (κ3) is 20.6. The number of rotatable bonds is 30. The predicted molar refractivity (Wildman–Crippen MR) is 547 cm³/mol. The zero-order valence-corrected chi connectivity index (χ0v) is 84.0. The van der Waals surface area contributed by atoms with Gasteiger partial charge in [0.25, 0.3) is 0 Å². The van der Waals surface area contributed by atoms with E-state index in [1.807, 2.05) is 95.9 Å². The first-order valence-electron chi connectivity index (χ1n) is 50.2. The SMILES string of the molecule is COc1cc2c(Oc3ccc4c(c3F)C=C(C)C4)ccnc2cc1OCCC(=O)N1CC2(COC2)C1.COc1cc2c(Oc3ccc4c(c3F)C=C(C)C4)ccnc2cc1OCCC(=O)N1CCC2(COC2)C1.COc1cc2c(Oc3ccc4c(c3F)C=C(C)C4)ccnc2cc1OCCCC(=O)N1CC2(COC2)C1.COc1cc2c(Oc3ccc4c(c3F)C=C(C)C4)ccnc2cc1OCCCC(=O)N1CCC2(COC2)C1. The Kier molecular flexibility index (Phi) is 28.2. The number of amides is 4. The van der Waals surface area contributed by atoms with Crippen LogP contribution in [0.1, 0.15) is 124 Å². The van der Waals surface area contributed by atoms with Crippen molar-refractivity contribution in [2.75, 3.05) is 160 Å². The van der Waals surface area contributed by atoms with E-state index >= 15 is 17.6 Å². The van der Waals surface area contributed by atoms with Crippen LogP contribution in [-0.2, 0) is 63.8 Å². The second kappa shape index (κ2) is 42.0. The summed E-state index contributed by atoms with van der Waals surface area (Å²) in [6, 6.07) is 35.3. The lowest BCUT2D eigenvalue weighted by Gasteiger charge is -2.55. The van der Waals surface area contributed by atoms with Crippen LogP contribution in [0, 0.1) is 44.9 Å². The first-order chi connectivity index (χ1) is 71.8. The number of ether oxygens (including phenoxy) is 16. The zero-order valence-electron chi connectivity index (χ0n) is 84.0. The number of hydrogen-bond acceptors (Lipinski definition) is 24. The molecule has 0 radical (unpaired) electrons. The summed E-state index contributed by atoms with van der Waals surface area (Å²) in [5.41, 5.74) is 14.0. The molecule has 4 aromatic heterocycles. The molecule has 4 amide bonds. The van der Waals surface area contributed by atoms with Gasteiger partial charge in [-0.05, 0) is 174 Å². The molecule has 12 aromatic rings. The van der Waals surface area contributed by atoms with Gasteiger partial charge in [-0.2, -0.15) is 0 Å². The van der Waals surface area contributed by atoms with Crippen LogP contribution in [0.3, 0.4) is 0 Å². The molecule has 28 nitrogen and oxygen atoms in total. The number of pyridine rings is 4. The topological polar surface area (TPSA) is 280 Å². The molecule has 0 unspecified atom stereocenters. The van der Waals surface area contributed by atoms with Gasteiger partial charge in [0.15, 0.2) is 92.3 Å². The molecule has 4 aliphatic carbocycles. The Morgan fingerprint density at radius 1 is 0.297 bits per heavy atom. The molecule has 12 heterocycles. The number of carbonyl (C=O) groups excluding carboxylic acids is 4. The summed E-state index contributed by atoms with van der Waals surface area (Å²) in [4.78, 5) is 75.5. The largest absolute Gasteiger partial charge is 0.493 e. The fraction of sp³-hybridized carbons (Fsp3) is 0.379. The number of carbonyl (C=O) groups is 4. The van der Waals surface area contributed by atoms with E-state index in [4.69, 9.17) is 75.8 Å². The van der Waals surface area contributed by atoms with Crippen LogP contribution in [0.25, 0.3) is 67.9 Å². The number of aromatic nitrogens is 4. The fourth-order valence-electron chi connectivity index (χ4n) is 21.3. The van der Waals surface area contributed by atoms with E-state index in [0.29, 0.717) is 174 Å². The van der Waals surface area contributed by atoms with Gasteiger partial charge in [0.1, 0.15) is 23.0 Å². The molecule has 0 saturated carbocycles. The van der Waals surface area contributed by atoms with E-state index in [9.17, 15) is 19.2 Å². The quantitative estimate of drug-likeness (QED) is 0.0299. The van der Waals surface area contributed by atoms with Gasteiger partial charge in [0.2, 0.25) is 23.6 Å². The Hall–Kier alpha value is -14.6. The Labute approximate surface area is 853 Å². The highest BCUT2D eigenvalue weighted by atomic mass is 19.1. The highest BCUT2D eigenvalue weighted by Crippen LogP contribution is 2.49. The van der Waals surface area contributed by atoms with Gasteiger partial charge < -0.3 is 95.4 Å². The molecule has 24 rings (SSSR count). The number of likely N-dealkylation sites (tertiary alicyclic amines) is 4. The number of nitrogens with zero attached hydrogens (tertiary/aromatic N) is 8. The number of allylic oxidation sites excluding steroid dienone is 4. The van der Waals surface area contributed by atoms with E-state index in [1.54, 1.807) is 150 Å². The van der Waals surface area contributed by atoms with Crippen molar-refractivity contribution in [3.05, 3.63) is 236 Å². The molecule has 0 bridgehead atoms. The van der Waals surface area contributed by atoms with E-state index in [-0.39, 0.29) is 118 Å². The van der Waals surface area contributed by atoms with Gasteiger partial charge >= 0.3 is 0 Å². The lowest BCUT2D eigenvalue weighted by atomic mass is 9.78. The van der Waals surface area contributed by atoms with E-state index in [1.165, 1.54) is 0 Å². The molecule has 8 fully saturated rings. The molecule has 8 aromatic carbocycles. The number of halogens is 4. The summed E-state index contributed by atoms with van der Waals surface area (Å²) in [5.74, 6) is 5.56. The molecule has 0 N–H and O–H groups in total. The average molecular weight is 2020 g/mol. The Bertz CT molecular complexity index is 7360. The van der Waals surface area contributed by atoms with Gasteiger partial charge in [-0.1, -0.05) is 70.9 Å². The maximum absolute atomic E-state index is 15.2. The van der Waals surface area contributed by atoms with Crippen LogP contribution in [-0.4, -0.2) is 223 Å². The van der Waals surface area contributed by atoms with Gasteiger partial charge in [-0.15, -0.1) is 0 Å². The Morgan fingerprint density at radius 2 is 0.547 bits per heavy atom. The molecular weight excluding hydrogens is 1900 g/mol. The molecular formula is C116H116F4N8O20. The van der Waals surface area contributed by atoms with Crippen LogP contribution in [0.2, 0.25) is 0 Å². The Balaban J connectivity index is 0.000000116. The predicted octanol–water partition coefficient (Wildman–Crippen LogP) is 20.6. The van der Waals surface area contributed by atoms with Crippen molar-refractivity contribution in [2.45, 2.75) is 105 Å². The molecule has 8 saturated heterocycles. The van der Waals surface area contributed by atoms with Crippen LogP contribution in [0.4, 0.5) is 17.6 Å². The molecule has 4 spiro atoms. The van der Waals surface area contributed by atoms with Crippen molar-refractivity contribution in [2.24, 2.45) is 21.7 Å². The number of fused-ring (bicyclic) bond motifs is 8. The number of hydrogen-bond donors (Lipinski definition) is 0. The van der Waals surface area contributed by atoms with Crippen LogP contribution >= 0.6 is 0 Å². The summed E-state index contributed by atoms with van der Waals surface area (Å²) in [6.07, 6.45) is 21.6. The third-order valence-corrected chi connectivity index (χ3v) is 29.6. The maximum atomic E-state index is 15.2.